The van der Waals surface area contributed by atoms with E-state index < -0.39 is 0 Å². The Hall–Kier alpha value is -2.75. The molecule has 1 N–H and O–H groups in total. The standard InChI is InChI=1S/C19H18N4O2/c20-10-13-1-3-16-15(9-13)18(19(24)22-16)17-4-2-14(11-21-17)12-23-5-7-25-8-6-23/h1-2,4,9,11,24H,3,5-8,12H2. The van der Waals surface area contributed by atoms with Crippen LogP contribution in [0.2, 0.25) is 0 Å². The third-order valence-corrected chi connectivity index (χ3v) is 4.58. The summed E-state index contributed by atoms with van der Waals surface area (Å²) >= 11 is 0. The Balaban J connectivity index is 1.56. The van der Waals surface area contributed by atoms with Crippen LogP contribution >= 0.6 is 0 Å². The van der Waals surface area contributed by atoms with Gasteiger partial charge in [-0.25, -0.2) is 4.99 Å². The number of hydrogen-bond donors (Lipinski definition) is 1. The number of hydrogen-bond acceptors (Lipinski definition) is 6. The van der Waals surface area contributed by atoms with Crippen LogP contribution in [-0.2, 0) is 11.3 Å². The van der Waals surface area contributed by atoms with Crippen LogP contribution in [0, 0.1) is 11.3 Å². The average molecular weight is 334 g/mol. The number of rotatable bonds is 3. The summed E-state index contributed by atoms with van der Waals surface area (Å²) in [6, 6.07) is 6.08. The fourth-order valence-corrected chi connectivity index (χ4v) is 3.25. The van der Waals surface area contributed by atoms with Crippen LogP contribution in [0.25, 0.3) is 5.57 Å². The number of pyridine rings is 1. The Kier molecular flexibility index (Phi) is 4.18. The highest BCUT2D eigenvalue weighted by molar-refractivity contribution is 6.18. The first-order valence-corrected chi connectivity index (χ1v) is 8.33. The normalized spacial score (nSPS) is 20.5. The molecule has 126 valence electrons. The SMILES string of the molecule is N#CC1=CCC2=NC(O)=C(c3ccc(CN4CCOCC4)cn3)C2=C1. The summed E-state index contributed by atoms with van der Waals surface area (Å²) in [6.07, 6.45) is 5.98. The molecule has 6 nitrogen and oxygen atoms in total. The molecular weight excluding hydrogens is 316 g/mol. The molecule has 3 heterocycles. The van der Waals surface area contributed by atoms with Gasteiger partial charge in [-0.1, -0.05) is 12.1 Å². The topological polar surface area (TPSA) is 81.7 Å². The van der Waals surface area contributed by atoms with E-state index in [2.05, 4.69) is 20.9 Å². The Labute approximate surface area is 146 Å². The van der Waals surface area contributed by atoms with Crippen LogP contribution in [0.3, 0.4) is 0 Å². The van der Waals surface area contributed by atoms with E-state index in [1.165, 1.54) is 0 Å². The first-order chi connectivity index (χ1) is 12.2. The highest BCUT2D eigenvalue weighted by Gasteiger charge is 2.27. The van der Waals surface area contributed by atoms with E-state index in [1.807, 2.05) is 24.4 Å². The summed E-state index contributed by atoms with van der Waals surface area (Å²) in [5.41, 5.74) is 4.57. The van der Waals surface area contributed by atoms with Gasteiger partial charge in [0.2, 0.25) is 5.88 Å². The molecule has 0 unspecified atom stereocenters. The van der Waals surface area contributed by atoms with Gasteiger partial charge in [-0.05, 0) is 17.7 Å². The Bertz CT molecular complexity index is 850. The molecule has 1 aromatic heterocycles. The van der Waals surface area contributed by atoms with Gasteiger partial charge in [0.15, 0.2) is 0 Å². The zero-order valence-electron chi connectivity index (χ0n) is 13.8. The smallest absolute Gasteiger partial charge is 0.221 e. The maximum absolute atomic E-state index is 10.2. The Morgan fingerprint density at radius 1 is 1.28 bits per heavy atom. The Morgan fingerprint density at radius 3 is 2.84 bits per heavy atom. The molecule has 2 aliphatic heterocycles. The van der Waals surface area contributed by atoms with Crippen molar-refractivity contribution in [3.8, 4) is 6.07 Å². The summed E-state index contributed by atoms with van der Waals surface area (Å²) in [6.45, 7) is 4.25. The van der Waals surface area contributed by atoms with Crippen LogP contribution in [0.15, 0.2) is 52.5 Å². The zero-order chi connectivity index (χ0) is 17.2. The molecule has 3 aliphatic rings. The van der Waals surface area contributed by atoms with Crippen LogP contribution in [0.1, 0.15) is 17.7 Å². The molecule has 0 atom stereocenters. The van der Waals surface area contributed by atoms with Gasteiger partial charge in [0, 0.05) is 43.4 Å². The number of nitrogens with zero attached hydrogens (tertiary/aromatic N) is 4. The molecule has 0 amide bonds. The highest BCUT2D eigenvalue weighted by Crippen LogP contribution is 2.35. The van der Waals surface area contributed by atoms with E-state index in [1.54, 1.807) is 6.08 Å². The monoisotopic (exact) mass is 334 g/mol. The molecule has 25 heavy (non-hydrogen) atoms. The van der Waals surface area contributed by atoms with Gasteiger partial charge in [-0.2, -0.15) is 5.26 Å². The van der Waals surface area contributed by atoms with Gasteiger partial charge in [0.1, 0.15) is 0 Å². The molecule has 0 bridgehead atoms. The first-order valence-electron chi connectivity index (χ1n) is 8.33. The van der Waals surface area contributed by atoms with Crippen LogP contribution in [-0.4, -0.2) is 47.0 Å². The van der Waals surface area contributed by atoms with Crippen molar-refractivity contribution in [2.45, 2.75) is 13.0 Å². The van der Waals surface area contributed by atoms with Crippen molar-refractivity contribution >= 4 is 11.3 Å². The van der Waals surface area contributed by atoms with Gasteiger partial charge in [-0.3, -0.25) is 9.88 Å². The number of fused-ring (bicyclic) bond motifs is 1. The van der Waals surface area contributed by atoms with Crippen molar-refractivity contribution in [3.05, 3.63) is 58.8 Å². The number of nitriles is 1. The number of aliphatic imine (C=N–C) groups is 1. The minimum Gasteiger partial charge on any atom is -0.493 e. The molecule has 0 radical (unpaired) electrons. The second-order valence-electron chi connectivity index (χ2n) is 6.23. The summed E-state index contributed by atoms with van der Waals surface area (Å²) in [5, 5.41) is 19.4. The summed E-state index contributed by atoms with van der Waals surface area (Å²) < 4.78 is 5.37. The number of allylic oxidation sites excluding steroid dienone is 5. The van der Waals surface area contributed by atoms with Crippen molar-refractivity contribution < 1.29 is 9.84 Å². The zero-order valence-corrected chi connectivity index (χ0v) is 13.8. The lowest BCUT2D eigenvalue weighted by Crippen LogP contribution is -2.35. The van der Waals surface area contributed by atoms with E-state index in [9.17, 15) is 5.11 Å². The summed E-state index contributed by atoms with van der Waals surface area (Å²) in [7, 11) is 0. The minimum atomic E-state index is -0.0257. The lowest BCUT2D eigenvalue weighted by molar-refractivity contribution is 0.0341. The van der Waals surface area contributed by atoms with Crippen LogP contribution in [0.5, 0.6) is 0 Å². The number of morpholine rings is 1. The van der Waals surface area contributed by atoms with Crippen molar-refractivity contribution in [2.75, 3.05) is 26.3 Å². The fourth-order valence-electron chi connectivity index (χ4n) is 3.25. The number of ether oxygens (including phenoxy) is 1. The van der Waals surface area contributed by atoms with Gasteiger partial charge >= 0.3 is 0 Å². The molecule has 1 aliphatic carbocycles. The van der Waals surface area contributed by atoms with Crippen molar-refractivity contribution in [2.24, 2.45) is 4.99 Å². The van der Waals surface area contributed by atoms with E-state index in [4.69, 9.17) is 10.00 Å². The lowest BCUT2D eigenvalue weighted by atomic mass is 9.92. The summed E-state index contributed by atoms with van der Waals surface area (Å²) in [5.74, 6) is -0.0257. The van der Waals surface area contributed by atoms with E-state index in [-0.39, 0.29) is 5.88 Å². The molecule has 1 fully saturated rings. The molecule has 0 saturated carbocycles. The maximum atomic E-state index is 10.2. The van der Waals surface area contributed by atoms with E-state index >= 15 is 0 Å². The van der Waals surface area contributed by atoms with Crippen LogP contribution < -0.4 is 0 Å². The second kappa shape index (κ2) is 6.63. The average Bonchev–Trinajstić information content (AvgIpc) is 2.98. The predicted octanol–water partition coefficient (Wildman–Crippen LogP) is 2.38. The largest absolute Gasteiger partial charge is 0.493 e. The molecule has 1 aromatic rings. The van der Waals surface area contributed by atoms with E-state index in [0.717, 1.165) is 49.7 Å². The quantitative estimate of drug-likeness (QED) is 0.918. The third kappa shape index (κ3) is 3.12. The van der Waals surface area contributed by atoms with Gasteiger partial charge < -0.3 is 9.84 Å². The van der Waals surface area contributed by atoms with E-state index in [0.29, 0.717) is 23.3 Å². The highest BCUT2D eigenvalue weighted by atomic mass is 16.5. The predicted molar refractivity (Wildman–Crippen MR) is 93.7 cm³/mol. The number of aliphatic hydroxyl groups excluding tert-OH is 1. The molecule has 0 aromatic carbocycles. The van der Waals surface area contributed by atoms with Gasteiger partial charge in [0.25, 0.3) is 0 Å². The van der Waals surface area contributed by atoms with Crippen molar-refractivity contribution in [1.82, 2.24) is 9.88 Å². The molecule has 0 spiro atoms. The van der Waals surface area contributed by atoms with Crippen molar-refractivity contribution in [3.63, 3.8) is 0 Å². The van der Waals surface area contributed by atoms with Crippen molar-refractivity contribution in [1.29, 1.82) is 5.26 Å². The number of aromatic nitrogens is 1. The maximum Gasteiger partial charge on any atom is 0.221 e. The molecule has 4 rings (SSSR count). The van der Waals surface area contributed by atoms with Gasteiger partial charge in [0.05, 0.1) is 36.3 Å². The van der Waals surface area contributed by atoms with Gasteiger partial charge in [-0.15, -0.1) is 0 Å². The minimum absolute atomic E-state index is 0.0257. The first kappa shape index (κ1) is 15.8. The second-order valence-corrected chi connectivity index (χ2v) is 6.23. The fraction of sp³-hybridized carbons (Fsp3) is 0.316. The molecular formula is C19H18N4O2. The lowest BCUT2D eigenvalue weighted by Gasteiger charge is -2.26. The molecule has 6 heteroatoms. The van der Waals surface area contributed by atoms with Crippen LogP contribution in [0.4, 0.5) is 0 Å². The molecule has 1 saturated heterocycles. The number of aliphatic hydroxyl groups is 1. The Morgan fingerprint density at radius 2 is 2.12 bits per heavy atom. The third-order valence-electron chi connectivity index (χ3n) is 4.58. The summed E-state index contributed by atoms with van der Waals surface area (Å²) in [4.78, 5) is 11.1.